The Morgan fingerprint density at radius 1 is 0.738 bits per heavy atom. The fourth-order valence-corrected chi connectivity index (χ4v) is 15.0. The maximum atomic E-state index is 13.8. The summed E-state index contributed by atoms with van der Waals surface area (Å²) in [4.78, 5) is 39.0. The van der Waals surface area contributed by atoms with Crippen molar-refractivity contribution >= 4 is 18.5 Å². The average Bonchev–Trinajstić information content (AvgIpc) is 3.24. The smallest absolute Gasteiger partial charge is 0.335 e. The molecule has 0 bridgehead atoms. The zero-order chi connectivity index (χ0) is 47.3. The van der Waals surface area contributed by atoms with Gasteiger partial charge >= 0.3 is 5.97 Å². The topological polar surface area (TPSA) is 289 Å². The highest BCUT2D eigenvalue weighted by Gasteiger charge is 2.70. The Hall–Kier alpha value is -2.01. The van der Waals surface area contributed by atoms with E-state index in [0.717, 1.165) is 31.8 Å². The summed E-state index contributed by atoms with van der Waals surface area (Å²) in [5.74, 6) is -1.97. The van der Waals surface area contributed by atoms with E-state index in [4.69, 9.17) is 28.4 Å². The number of ether oxygens (including phenoxy) is 6. The predicted octanol–water partition coefficient (Wildman–Crippen LogP) is 0.443. The first kappa shape index (κ1) is 49.4. The minimum atomic E-state index is -2.05. The van der Waals surface area contributed by atoms with Gasteiger partial charge in [-0.2, -0.15) is 0 Å². The standard InChI is InChI=1S/C47H72O18/c1-43(2)14-21(17-48)32-22(15-43)23-7-8-30-44(3)11-10-31(45(4,20-50)29(44)9-12-46(30,5)47(23,6)16-26(32)53)62-42-38(65-40-25(52)13-24(51)28(18-49)61-40)36(35(57)37(64-42)39(58)59)63-41-34(56)33(55)27(54)19-60-41/h7-8,17,20-38,40-42,49,51-57H,9-16,18-19H2,1-6H3,(H,58,59)/t21-,22-,23?,24?,25?,26+,27?,28?,29+,30+,31-,32?,33?,34?,35?,36?,37?,38?,40?,41?,42?,44-,45-,46+,47+/m0/s1. The maximum Gasteiger partial charge on any atom is 0.335 e. The van der Waals surface area contributed by atoms with Crippen LogP contribution < -0.4 is 0 Å². The molecule has 0 aromatic rings. The van der Waals surface area contributed by atoms with Crippen molar-refractivity contribution in [3.8, 4) is 0 Å². The van der Waals surface area contributed by atoms with Gasteiger partial charge in [0.25, 0.3) is 0 Å². The molecule has 368 valence electrons. The van der Waals surface area contributed by atoms with Crippen molar-refractivity contribution in [2.24, 2.45) is 62.6 Å². The van der Waals surface area contributed by atoms with Crippen LogP contribution in [-0.2, 0) is 42.8 Å². The van der Waals surface area contributed by atoms with Gasteiger partial charge in [-0.3, -0.25) is 0 Å². The molecule has 4 saturated carbocycles. The molecule has 8 aliphatic rings. The molecule has 3 heterocycles. The van der Waals surface area contributed by atoms with E-state index in [1.54, 1.807) is 0 Å². The largest absolute Gasteiger partial charge is 0.479 e. The summed E-state index contributed by atoms with van der Waals surface area (Å²) in [6.07, 6.45) is -12.6. The van der Waals surface area contributed by atoms with Crippen LogP contribution in [0.5, 0.6) is 0 Å². The number of carbonyl (C=O) groups is 3. The molecule has 18 nitrogen and oxygen atoms in total. The SMILES string of the molecule is CC1(C)C[C@@H]2C([C@H](O)C[C@]3(C)C2C=C[C@@H]2[C@@]4(C)CC[C@H](OC5OC(C(=O)O)C(O)C(OC6OCC(O)C(O)C6O)C5OC5OC(CO)C(O)CC5O)[C@@](C)(C=O)[C@@H]4CC[C@]23C)[C@H](C=O)C1. The first-order valence-electron chi connectivity index (χ1n) is 23.6. The summed E-state index contributed by atoms with van der Waals surface area (Å²) in [6.45, 7) is 12.0. The molecule has 0 aromatic carbocycles. The second-order valence-electron chi connectivity index (χ2n) is 22.7. The van der Waals surface area contributed by atoms with Gasteiger partial charge in [-0.25, -0.2) is 4.79 Å². The minimum absolute atomic E-state index is 0.0145. The molecule has 65 heavy (non-hydrogen) atoms. The summed E-state index contributed by atoms with van der Waals surface area (Å²) in [5.41, 5.74) is -2.35. The van der Waals surface area contributed by atoms with E-state index < -0.39 is 122 Å². The Morgan fingerprint density at radius 3 is 2.11 bits per heavy atom. The molecule has 0 aromatic heterocycles. The molecule has 25 atom stereocenters. The zero-order valence-electron chi connectivity index (χ0n) is 38.2. The number of rotatable bonds is 10. The summed E-state index contributed by atoms with van der Waals surface area (Å²) in [5, 5.41) is 96.7. The van der Waals surface area contributed by atoms with E-state index in [1.807, 2.05) is 6.92 Å². The molecule has 18 heteroatoms. The van der Waals surface area contributed by atoms with Gasteiger partial charge in [0.15, 0.2) is 25.0 Å². The van der Waals surface area contributed by atoms with Crippen LogP contribution in [0.25, 0.3) is 0 Å². The molecule has 9 N–H and O–H groups in total. The fourth-order valence-electron chi connectivity index (χ4n) is 15.0. The van der Waals surface area contributed by atoms with Crippen molar-refractivity contribution < 1.29 is 88.8 Å². The Kier molecular flexibility index (Phi) is 13.5. The molecule has 3 saturated heterocycles. The summed E-state index contributed by atoms with van der Waals surface area (Å²) in [7, 11) is 0. The van der Waals surface area contributed by atoms with E-state index >= 15 is 0 Å². The number of fused-ring (bicyclic) bond motifs is 7. The number of carbonyl (C=O) groups excluding carboxylic acids is 2. The summed E-state index contributed by atoms with van der Waals surface area (Å²) >= 11 is 0. The number of aldehydes is 2. The van der Waals surface area contributed by atoms with Crippen LogP contribution in [0.15, 0.2) is 12.2 Å². The highest BCUT2D eigenvalue weighted by molar-refractivity contribution is 5.73. The quantitative estimate of drug-likeness (QED) is 0.0817. The molecule has 5 aliphatic carbocycles. The number of aliphatic hydroxyl groups is 8. The second kappa shape index (κ2) is 17.7. The first-order valence-corrected chi connectivity index (χ1v) is 23.6. The van der Waals surface area contributed by atoms with E-state index in [-0.39, 0.29) is 58.2 Å². The van der Waals surface area contributed by atoms with Crippen molar-refractivity contribution in [3.63, 3.8) is 0 Å². The average molecular weight is 925 g/mol. The number of allylic oxidation sites excluding steroid dienone is 2. The Morgan fingerprint density at radius 2 is 1.45 bits per heavy atom. The van der Waals surface area contributed by atoms with Crippen LogP contribution in [0.4, 0.5) is 0 Å². The predicted molar refractivity (Wildman–Crippen MR) is 224 cm³/mol. The van der Waals surface area contributed by atoms with Crippen molar-refractivity contribution in [1.29, 1.82) is 0 Å². The van der Waals surface area contributed by atoms with Gasteiger partial charge in [-0.15, -0.1) is 0 Å². The van der Waals surface area contributed by atoms with Gasteiger partial charge in [-0.05, 0) is 96.2 Å². The number of aliphatic hydroxyl groups excluding tert-OH is 8. The number of carboxylic acid groups (broad SMARTS) is 1. The van der Waals surface area contributed by atoms with Crippen LogP contribution in [0.3, 0.4) is 0 Å². The molecule has 0 spiro atoms. The van der Waals surface area contributed by atoms with Crippen molar-refractivity contribution in [1.82, 2.24) is 0 Å². The third kappa shape index (κ3) is 8.00. The number of carboxylic acids is 1. The van der Waals surface area contributed by atoms with Gasteiger partial charge in [0, 0.05) is 12.3 Å². The Labute approximate surface area is 379 Å². The fraction of sp³-hybridized carbons (Fsp3) is 0.894. The van der Waals surface area contributed by atoms with Gasteiger partial charge in [0.05, 0.1) is 36.9 Å². The van der Waals surface area contributed by atoms with Crippen LogP contribution in [0.2, 0.25) is 0 Å². The monoisotopic (exact) mass is 924 g/mol. The minimum Gasteiger partial charge on any atom is -0.479 e. The van der Waals surface area contributed by atoms with Crippen LogP contribution in [0, 0.1) is 62.6 Å². The van der Waals surface area contributed by atoms with Crippen LogP contribution in [-0.4, -0.2) is 170 Å². The van der Waals surface area contributed by atoms with Crippen LogP contribution in [0.1, 0.15) is 92.9 Å². The lowest BCUT2D eigenvalue weighted by Crippen LogP contribution is -2.68. The lowest BCUT2D eigenvalue weighted by atomic mass is 9.33. The third-order valence-electron chi connectivity index (χ3n) is 18.4. The van der Waals surface area contributed by atoms with Crippen LogP contribution >= 0.6 is 0 Å². The molecule has 7 fully saturated rings. The second-order valence-corrected chi connectivity index (χ2v) is 22.7. The lowest BCUT2D eigenvalue weighted by molar-refractivity contribution is -0.386. The van der Waals surface area contributed by atoms with Gasteiger partial charge in [0.1, 0.15) is 61.4 Å². The van der Waals surface area contributed by atoms with Crippen molar-refractivity contribution in [3.05, 3.63) is 12.2 Å². The lowest BCUT2D eigenvalue weighted by Gasteiger charge is -2.71. The molecular formula is C47H72O18. The third-order valence-corrected chi connectivity index (χ3v) is 18.4. The van der Waals surface area contributed by atoms with Gasteiger partial charge < -0.3 is 84.0 Å². The highest BCUT2D eigenvalue weighted by atomic mass is 16.8. The molecule has 0 amide bonds. The molecule has 8 rings (SSSR count). The first-order chi connectivity index (χ1) is 30.5. The Balaban J connectivity index is 1.11. The van der Waals surface area contributed by atoms with Crippen molar-refractivity contribution in [2.45, 2.75) is 185 Å². The van der Waals surface area contributed by atoms with E-state index in [9.17, 15) is 60.3 Å². The maximum absolute atomic E-state index is 13.8. The van der Waals surface area contributed by atoms with E-state index in [1.165, 1.54) is 0 Å². The van der Waals surface area contributed by atoms with Crippen molar-refractivity contribution in [2.75, 3.05) is 13.2 Å². The Bertz CT molecular complexity index is 1800. The molecule has 0 radical (unpaired) electrons. The highest BCUT2D eigenvalue weighted by Crippen LogP contribution is 2.74. The number of hydrogen-bond donors (Lipinski definition) is 9. The normalized spacial score (nSPS) is 55.1. The summed E-state index contributed by atoms with van der Waals surface area (Å²) < 4.78 is 36.2. The summed E-state index contributed by atoms with van der Waals surface area (Å²) in [6, 6.07) is 0. The zero-order valence-corrected chi connectivity index (χ0v) is 38.2. The molecular weight excluding hydrogens is 852 g/mol. The van der Waals surface area contributed by atoms with E-state index in [0.29, 0.717) is 25.7 Å². The van der Waals surface area contributed by atoms with Gasteiger partial charge in [0.2, 0.25) is 0 Å². The number of aliphatic carboxylic acids is 1. The molecule has 3 aliphatic heterocycles. The van der Waals surface area contributed by atoms with Gasteiger partial charge in [-0.1, -0.05) is 53.7 Å². The molecule has 15 unspecified atom stereocenters. The van der Waals surface area contributed by atoms with E-state index in [2.05, 4.69) is 46.8 Å². The number of hydrogen-bond acceptors (Lipinski definition) is 17.